The molecule has 0 saturated carbocycles. The summed E-state index contributed by atoms with van der Waals surface area (Å²) in [6.45, 7) is 1.86. The van der Waals surface area contributed by atoms with Crippen molar-refractivity contribution >= 4 is 11.6 Å². The minimum absolute atomic E-state index is 0.0559. The standard InChI is InChI=1S/C13H18N2O5/c1-9(4-3-7-16)14-13(17)11-8-10(15(18)19)5-6-12(11)20-2/h5-6,8-9,16H,3-4,7H2,1-2H3,(H,14,17). The van der Waals surface area contributed by atoms with Gasteiger partial charge in [0.1, 0.15) is 5.75 Å². The molecule has 0 aliphatic carbocycles. The number of nitro groups is 1. The van der Waals surface area contributed by atoms with E-state index in [1.54, 1.807) is 6.92 Å². The van der Waals surface area contributed by atoms with Gasteiger partial charge in [0.15, 0.2) is 0 Å². The van der Waals surface area contributed by atoms with Gasteiger partial charge in [-0.15, -0.1) is 0 Å². The van der Waals surface area contributed by atoms with Crippen LogP contribution in [0.2, 0.25) is 0 Å². The third-order valence-corrected chi connectivity index (χ3v) is 2.81. The Hall–Kier alpha value is -2.15. The predicted octanol–water partition coefficient (Wildman–Crippen LogP) is 1.49. The van der Waals surface area contributed by atoms with Crippen molar-refractivity contribution in [2.45, 2.75) is 25.8 Å². The van der Waals surface area contributed by atoms with Gasteiger partial charge >= 0.3 is 0 Å². The van der Waals surface area contributed by atoms with Gasteiger partial charge in [-0.05, 0) is 25.8 Å². The number of aliphatic hydroxyl groups is 1. The van der Waals surface area contributed by atoms with Gasteiger partial charge in [0, 0.05) is 24.8 Å². The van der Waals surface area contributed by atoms with E-state index < -0.39 is 10.8 Å². The van der Waals surface area contributed by atoms with Crippen LogP contribution in [0.1, 0.15) is 30.1 Å². The molecule has 0 aliphatic rings. The van der Waals surface area contributed by atoms with Crippen molar-refractivity contribution < 1.29 is 19.6 Å². The Morgan fingerprint density at radius 1 is 1.55 bits per heavy atom. The van der Waals surface area contributed by atoms with Crippen molar-refractivity contribution in [1.82, 2.24) is 5.32 Å². The van der Waals surface area contributed by atoms with Crippen LogP contribution >= 0.6 is 0 Å². The molecule has 7 heteroatoms. The van der Waals surface area contributed by atoms with Crippen LogP contribution in [0.5, 0.6) is 5.75 Å². The molecule has 1 aromatic rings. The molecule has 0 bridgehead atoms. The van der Waals surface area contributed by atoms with Crippen molar-refractivity contribution in [2.24, 2.45) is 0 Å². The SMILES string of the molecule is COc1ccc([N+](=O)[O-])cc1C(=O)NC(C)CCCO. The second-order valence-electron chi connectivity index (χ2n) is 4.38. The molecule has 1 atom stereocenters. The minimum atomic E-state index is -0.564. The van der Waals surface area contributed by atoms with Crippen LogP contribution in [0.25, 0.3) is 0 Å². The smallest absolute Gasteiger partial charge is 0.270 e. The predicted molar refractivity (Wildman–Crippen MR) is 72.9 cm³/mol. The van der Waals surface area contributed by atoms with Crippen LogP contribution in [-0.4, -0.2) is 35.7 Å². The molecule has 0 fully saturated rings. The zero-order valence-electron chi connectivity index (χ0n) is 11.5. The molecule has 2 N–H and O–H groups in total. The highest BCUT2D eigenvalue weighted by molar-refractivity contribution is 5.97. The summed E-state index contributed by atoms with van der Waals surface area (Å²) in [4.78, 5) is 22.3. The number of nitrogens with one attached hydrogen (secondary N) is 1. The first-order valence-corrected chi connectivity index (χ1v) is 6.23. The topological polar surface area (TPSA) is 102 Å². The fraction of sp³-hybridized carbons (Fsp3) is 0.462. The van der Waals surface area contributed by atoms with Gasteiger partial charge in [-0.2, -0.15) is 0 Å². The van der Waals surface area contributed by atoms with Crippen LogP contribution in [0.4, 0.5) is 5.69 Å². The van der Waals surface area contributed by atoms with Crippen molar-refractivity contribution in [1.29, 1.82) is 0 Å². The second kappa shape index (κ2) is 7.44. The van der Waals surface area contributed by atoms with Gasteiger partial charge in [-0.25, -0.2) is 0 Å². The zero-order chi connectivity index (χ0) is 15.1. The number of amides is 1. The number of aliphatic hydroxyl groups excluding tert-OH is 1. The molecule has 7 nitrogen and oxygen atoms in total. The summed E-state index contributed by atoms with van der Waals surface area (Å²) in [5, 5.41) is 22.2. The van der Waals surface area contributed by atoms with Gasteiger partial charge in [0.05, 0.1) is 17.6 Å². The van der Waals surface area contributed by atoms with Gasteiger partial charge in [0.25, 0.3) is 11.6 Å². The Balaban J connectivity index is 2.89. The number of ether oxygens (including phenoxy) is 1. The van der Waals surface area contributed by atoms with E-state index in [2.05, 4.69) is 5.32 Å². The summed E-state index contributed by atoms with van der Waals surface area (Å²) in [5.41, 5.74) is -0.0449. The van der Waals surface area contributed by atoms with Crippen LogP contribution in [0.3, 0.4) is 0 Å². The quantitative estimate of drug-likeness (QED) is 0.582. The Morgan fingerprint density at radius 3 is 2.80 bits per heavy atom. The first-order chi connectivity index (χ1) is 9.49. The highest BCUT2D eigenvalue weighted by atomic mass is 16.6. The van der Waals surface area contributed by atoms with Crippen LogP contribution < -0.4 is 10.1 Å². The maximum Gasteiger partial charge on any atom is 0.270 e. The third-order valence-electron chi connectivity index (χ3n) is 2.81. The molecule has 1 aromatic carbocycles. The maximum atomic E-state index is 12.1. The largest absolute Gasteiger partial charge is 0.496 e. The lowest BCUT2D eigenvalue weighted by molar-refractivity contribution is -0.384. The second-order valence-corrected chi connectivity index (χ2v) is 4.38. The molecule has 1 unspecified atom stereocenters. The summed E-state index contributed by atoms with van der Waals surface area (Å²) < 4.78 is 5.04. The van der Waals surface area contributed by atoms with Crippen LogP contribution in [0.15, 0.2) is 18.2 Å². The molecular weight excluding hydrogens is 264 g/mol. The average Bonchev–Trinajstić information content (AvgIpc) is 2.44. The Kier molecular flexibility index (Phi) is 5.92. The Morgan fingerprint density at radius 2 is 2.25 bits per heavy atom. The highest BCUT2D eigenvalue weighted by Gasteiger charge is 2.18. The minimum Gasteiger partial charge on any atom is -0.496 e. The third kappa shape index (κ3) is 4.20. The van der Waals surface area contributed by atoms with Gasteiger partial charge in [-0.1, -0.05) is 0 Å². The lowest BCUT2D eigenvalue weighted by atomic mass is 10.1. The first kappa shape index (κ1) is 15.9. The summed E-state index contributed by atoms with van der Waals surface area (Å²) in [5.74, 6) is -0.154. The van der Waals surface area contributed by atoms with Crippen molar-refractivity contribution in [3.8, 4) is 5.75 Å². The number of carbonyl (C=O) groups is 1. The molecule has 20 heavy (non-hydrogen) atoms. The number of nitrogens with zero attached hydrogens (tertiary/aromatic N) is 1. The van der Waals surface area contributed by atoms with E-state index in [0.29, 0.717) is 12.8 Å². The first-order valence-electron chi connectivity index (χ1n) is 6.23. The zero-order valence-corrected chi connectivity index (χ0v) is 11.5. The number of hydrogen-bond donors (Lipinski definition) is 2. The monoisotopic (exact) mass is 282 g/mol. The maximum absolute atomic E-state index is 12.1. The van der Waals surface area contributed by atoms with Crippen molar-refractivity contribution in [3.63, 3.8) is 0 Å². The van der Waals surface area contributed by atoms with E-state index in [4.69, 9.17) is 9.84 Å². The molecule has 0 heterocycles. The molecule has 0 spiro atoms. The van der Waals surface area contributed by atoms with Gasteiger partial charge in [0.2, 0.25) is 0 Å². The lowest BCUT2D eigenvalue weighted by Crippen LogP contribution is -2.32. The van der Waals surface area contributed by atoms with Gasteiger partial charge in [-0.3, -0.25) is 14.9 Å². The number of hydrogen-bond acceptors (Lipinski definition) is 5. The van der Waals surface area contributed by atoms with E-state index in [1.165, 1.54) is 25.3 Å². The van der Waals surface area contributed by atoms with E-state index >= 15 is 0 Å². The normalized spacial score (nSPS) is 11.8. The number of benzene rings is 1. The summed E-state index contributed by atoms with van der Waals surface area (Å²) >= 11 is 0. The average molecular weight is 282 g/mol. The molecule has 0 saturated heterocycles. The van der Waals surface area contributed by atoms with Crippen LogP contribution in [0, 0.1) is 10.1 Å². The Bertz CT molecular complexity index is 490. The van der Waals surface area contributed by atoms with E-state index in [1.807, 2.05) is 0 Å². The number of non-ortho nitro benzene ring substituents is 1. The molecule has 1 amide bonds. The fourth-order valence-corrected chi connectivity index (χ4v) is 1.76. The molecule has 0 aromatic heterocycles. The lowest BCUT2D eigenvalue weighted by Gasteiger charge is -2.14. The summed E-state index contributed by atoms with van der Waals surface area (Å²) in [6, 6.07) is 3.72. The number of rotatable bonds is 7. The van der Waals surface area contributed by atoms with Crippen molar-refractivity contribution in [3.05, 3.63) is 33.9 Å². The number of methoxy groups -OCH3 is 1. The fourth-order valence-electron chi connectivity index (χ4n) is 1.76. The molecule has 110 valence electrons. The Labute approximate surface area is 116 Å². The van der Waals surface area contributed by atoms with Crippen LogP contribution in [-0.2, 0) is 0 Å². The summed E-state index contributed by atoms with van der Waals surface area (Å²) in [6.07, 6.45) is 1.20. The number of carbonyl (C=O) groups excluding carboxylic acids is 1. The van der Waals surface area contributed by atoms with E-state index in [9.17, 15) is 14.9 Å². The highest BCUT2D eigenvalue weighted by Crippen LogP contribution is 2.24. The van der Waals surface area contributed by atoms with Gasteiger partial charge < -0.3 is 15.2 Å². The molecule has 0 aliphatic heterocycles. The van der Waals surface area contributed by atoms with E-state index in [0.717, 1.165) is 0 Å². The summed E-state index contributed by atoms with van der Waals surface area (Å²) in [7, 11) is 1.40. The molecular formula is C13H18N2O5. The molecule has 0 radical (unpaired) electrons. The number of nitro benzene ring substituents is 1. The molecule has 1 rings (SSSR count). The van der Waals surface area contributed by atoms with Crippen molar-refractivity contribution in [2.75, 3.05) is 13.7 Å². The van der Waals surface area contributed by atoms with E-state index in [-0.39, 0.29) is 29.6 Å².